The Morgan fingerprint density at radius 3 is 3.00 bits per heavy atom. The molecule has 3 unspecified atom stereocenters. The van der Waals surface area contributed by atoms with E-state index in [1.54, 1.807) is 0 Å². The minimum absolute atomic E-state index is 0.704. The maximum absolute atomic E-state index is 5.69. The number of H-pyrrole nitrogens is 1. The van der Waals surface area contributed by atoms with Crippen LogP contribution in [-0.4, -0.2) is 16.2 Å². The molecule has 2 aromatic heterocycles. The Hall–Kier alpha value is -1.55. The van der Waals surface area contributed by atoms with Gasteiger partial charge in [-0.1, -0.05) is 6.42 Å². The van der Waals surface area contributed by atoms with Gasteiger partial charge in [-0.3, -0.25) is 5.10 Å². The van der Waals surface area contributed by atoms with Crippen molar-refractivity contribution in [3.8, 4) is 11.5 Å². The minimum Gasteiger partial charge on any atom is -0.460 e. The normalized spacial score (nSPS) is 28.4. The molecular weight excluding hydrogens is 250 g/mol. The van der Waals surface area contributed by atoms with Crippen molar-refractivity contribution in [2.45, 2.75) is 45.2 Å². The molecule has 0 aliphatic heterocycles. The highest BCUT2D eigenvalue weighted by Crippen LogP contribution is 2.44. The van der Waals surface area contributed by atoms with E-state index in [-0.39, 0.29) is 0 Å². The highest BCUT2D eigenvalue weighted by atomic mass is 16.3. The van der Waals surface area contributed by atoms with Crippen LogP contribution >= 0.6 is 0 Å². The van der Waals surface area contributed by atoms with E-state index in [4.69, 9.17) is 4.42 Å². The zero-order valence-electron chi connectivity index (χ0n) is 11.9. The standard InChI is InChI=1S/C16H21N3O/c1-10-2-5-15(20-10)16-13(9-18-19-16)8-17-14-7-11-3-4-12(14)6-11/h2,5,9,11-12,14,17H,3-4,6-8H2,1H3,(H,18,19). The lowest BCUT2D eigenvalue weighted by molar-refractivity contribution is 0.351. The molecule has 0 radical (unpaired) electrons. The topological polar surface area (TPSA) is 53.9 Å². The van der Waals surface area contributed by atoms with Crippen molar-refractivity contribution in [3.05, 3.63) is 29.7 Å². The molecule has 0 amide bonds. The molecule has 2 aliphatic carbocycles. The molecule has 2 fully saturated rings. The Kier molecular flexibility index (Phi) is 2.91. The maximum Gasteiger partial charge on any atom is 0.152 e. The van der Waals surface area contributed by atoms with Gasteiger partial charge in [0.05, 0.1) is 6.20 Å². The first-order chi connectivity index (χ1) is 9.79. The fourth-order valence-corrected chi connectivity index (χ4v) is 3.96. The van der Waals surface area contributed by atoms with Crippen LogP contribution < -0.4 is 5.32 Å². The van der Waals surface area contributed by atoms with Crippen molar-refractivity contribution in [2.75, 3.05) is 0 Å². The number of nitrogens with one attached hydrogen (secondary N) is 2. The number of rotatable bonds is 4. The molecule has 4 heteroatoms. The van der Waals surface area contributed by atoms with E-state index in [0.717, 1.165) is 35.6 Å². The van der Waals surface area contributed by atoms with Gasteiger partial charge in [0.15, 0.2) is 5.76 Å². The minimum atomic E-state index is 0.704. The van der Waals surface area contributed by atoms with Crippen LogP contribution in [-0.2, 0) is 6.54 Å². The zero-order valence-corrected chi connectivity index (χ0v) is 11.9. The van der Waals surface area contributed by atoms with Crippen LogP contribution in [0.5, 0.6) is 0 Å². The maximum atomic E-state index is 5.69. The fourth-order valence-electron chi connectivity index (χ4n) is 3.96. The zero-order chi connectivity index (χ0) is 13.5. The van der Waals surface area contributed by atoms with Crippen LogP contribution in [0, 0.1) is 18.8 Å². The van der Waals surface area contributed by atoms with Gasteiger partial charge in [-0.25, -0.2) is 0 Å². The second-order valence-corrected chi connectivity index (χ2v) is 6.34. The summed E-state index contributed by atoms with van der Waals surface area (Å²) in [4.78, 5) is 0. The van der Waals surface area contributed by atoms with Crippen molar-refractivity contribution >= 4 is 0 Å². The second kappa shape index (κ2) is 4.77. The van der Waals surface area contributed by atoms with E-state index in [1.165, 1.54) is 31.2 Å². The summed E-state index contributed by atoms with van der Waals surface area (Å²) in [5, 5.41) is 11.0. The van der Waals surface area contributed by atoms with E-state index in [9.17, 15) is 0 Å². The van der Waals surface area contributed by atoms with Crippen molar-refractivity contribution in [2.24, 2.45) is 11.8 Å². The third-order valence-electron chi connectivity index (χ3n) is 5.00. The number of aryl methyl sites for hydroxylation is 1. The molecule has 2 aromatic rings. The number of aromatic amines is 1. The summed E-state index contributed by atoms with van der Waals surface area (Å²) in [7, 11) is 0. The quantitative estimate of drug-likeness (QED) is 0.897. The fraction of sp³-hybridized carbons (Fsp3) is 0.562. The van der Waals surface area contributed by atoms with Gasteiger partial charge in [0.25, 0.3) is 0 Å². The number of hydrogen-bond donors (Lipinski definition) is 2. The van der Waals surface area contributed by atoms with E-state index in [1.807, 2.05) is 25.3 Å². The first kappa shape index (κ1) is 12.2. The Morgan fingerprint density at radius 2 is 2.30 bits per heavy atom. The summed E-state index contributed by atoms with van der Waals surface area (Å²) >= 11 is 0. The van der Waals surface area contributed by atoms with Crippen molar-refractivity contribution in [1.82, 2.24) is 15.5 Å². The number of aromatic nitrogens is 2. The van der Waals surface area contributed by atoms with E-state index >= 15 is 0 Å². The van der Waals surface area contributed by atoms with Crippen LogP contribution in [0.3, 0.4) is 0 Å². The molecular formula is C16H21N3O. The Bertz CT molecular complexity index is 600. The molecule has 4 nitrogen and oxygen atoms in total. The molecule has 2 aliphatic rings. The van der Waals surface area contributed by atoms with Gasteiger partial charge in [0.2, 0.25) is 0 Å². The van der Waals surface area contributed by atoms with Crippen LogP contribution in [0.2, 0.25) is 0 Å². The van der Waals surface area contributed by atoms with Crippen molar-refractivity contribution in [3.63, 3.8) is 0 Å². The number of nitrogens with zero attached hydrogens (tertiary/aromatic N) is 1. The SMILES string of the molecule is Cc1ccc(-c2[nH]ncc2CNC2CC3CCC2C3)o1. The van der Waals surface area contributed by atoms with E-state index < -0.39 is 0 Å². The molecule has 3 atom stereocenters. The summed E-state index contributed by atoms with van der Waals surface area (Å²) in [5.41, 5.74) is 2.20. The van der Waals surface area contributed by atoms with Crippen molar-refractivity contribution in [1.29, 1.82) is 0 Å². The van der Waals surface area contributed by atoms with Gasteiger partial charge >= 0.3 is 0 Å². The molecule has 2 saturated carbocycles. The summed E-state index contributed by atoms with van der Waals surface area (Å²) < 4.78 is 5.69. The molecule has 20 heavy (non-hydrogen) atoms. The summed E-state index contributed by atoms with van der Waals surface area (Å²) in [6.07, 6.45) is 7.57. The van der Waals surface area contributed by atoms with Crippen LogP contribution in [0.1, 0.15) is 37.0 Å². The average Bonchev–Trinajstić information content (AvgIpc) is 3.20. The summed E-state index contributed by atoms with van der Waals surface area (Å²) in [6.45, 7) is 2.84. The lowest BCUT2D eigenvalue weighted by Gasteiger charge is -2.22. The van der Waals surface area contributed by atoms with Crippen LogP contribution in [0.25, 0.3) is 11.5 Å². The molecule has 2 N–H and O–H groups in total. The second-order valence-electron chi connectivity index (χ2n) is 6.34. The lowest BCUT2D eigenvalue weighted by Crippen LogP contribution is -2.33. The molecule has 0 spiro atoms. The predicted octanol–water partition coefficient (Wildman–Crippen LogP) is 3.26. The van der Waals surface area contributed by atoms with Crippen LogP contribution in [0.4, 0.5) is 0 Å². The Balaban J connectivity index is 1.46. The molecule has 106 valence electrons. The summed E-state index contributed by atoms with van der Waals surface area (Å²) in [6, 6.07) is 4.70. The summed E-state index contributed by atoms with van der Waals surface area (Å²) in [5.74, 6) is 3.70. The predicted molar refractivity (Wildman–Crippen MR) is 77.1 cm³/mol. The monoisotopic (exact) mass is 271 g/mol. The van der Waals surface area contributed by atoms with Gasteiger partial charge in [0, 0.05) is 18.2 Å². The largest absolute Gasteiger partial charge is 0.460 e. The molecule has 2 bridgehead atoms. The third-order valence-corrected chi connectivity index (χ3v) is 5.00. The van der Waals surface area contributed by atoms with Gasteiger partial charge in [0.1, 0.15) is 11.5 Å². The van der Waals surface area contributed by atoms with Crippen molar-refractivity contribution < 1.29 is 4.42 Å². The number of hydrogen-bond acceptors (Lipinski definition) is 3. The first-order valence-corrected chi connectivity index (χ1v) is 7.62. The highest BCUT2D eigenvalue weighted by molar-refractivity contribution is 5.56. The lowest BCUT2D eigenvalue weighted by atomic mass is 9.95. The number of furan rings is 1. The first-order valence-electron chi connectivity index (χ1n) is 7.62. The van der Waals surface area contributed by atoms with Crippen LogP contribution in [0.15, 0.2) is 22.7 Å². The Morgan fingerprint density at radius 1 is 1.35 bits per heavy atom. The third kappa shape index (κ3) is 2.08. The van der Waals surface area contributed by atoms with E-state index in [0.29, 0.717) is 6.04 Å². The smallest absolute Gasteiger partial charge is 0.152 e. The van der Waals surface area contributed by atoms with Gasteiger partial charge in [-0.05, 0) is 50.2 Å². The Labute approximate surface area is 119 Å². The molecule has 0 aromatic carbocycles. The highest BCUT2D eigenvalue weighted by Gasteiger charge is 2.39. The average molecular weight is 271 g/mol. The number of fused-ring (bicyclic) bond motifs is 2. The molecule has 2 heterocycles. The van der Waals surface area contributed by atoms with Gasteiger partial charge in [-0.2, -0.15) is 5.10 Å². The molecule has 0 saturated heterocycles. The van der Waals surface area contributed by atoms with Gasteiger partial charge in [-0.15, -0.1) is 0 Å². The van der Waals surface area contributed by atoms with E-state index in [2.05, 4.69) is 15.5 Å². The molecule has 4 rings (SSSR count). The van der Waals surface area contributed by atoms with Gasteiger partial charge < -0.3 is 9.73 Å².